The Morgan fingerprint density at radius 1 is 1.35 bits per heavy atom. The van der Waals surface area contributed by atoms with Crippen LogP contribution in [-0.2, 0) is 4.79 Å². The van der Waals surface area contributed by atoms with Crippen LogP contribution in [0.2, 0.25) is 0 Å². The lowest BCUT2D eigenvalue weighted by Crippen LogP contribution is -2.52. The Balaban J connectivity index is 2.73. The molecule has 1 atom stereocenters. The average Bonchev–Trinajstić information content (AvgIpc) is 2.30. The summed E-state index contributed by atoms with van der Waals surface area (Å²) in [4.78, 5) is 26.7. The summed E-state index contributed by atoms with van der Waals surface area (Å²) in [5, 5.41) is 9.20. The van der Waals surface area contributed by atoms with Gasteiger partial charge in [-0.2, -0.15) is 0 Å². The van der Waals surface area contributed by atoms with E-state index in [0.29, 0.717) is 32.6 Å². The Morgan fingerprint density at radius 2 is 1.94 bits per heavy atom. The van der Waals surface area contributed by atoms with Crippen LogP contribution in [0, 0.1) is 5.41 Å². The molecule has 0 aromatic heterocycles. The number of amides is 2. The topological polar surface area (TPSA) is 60.9 Å². The van der Waals surface area contributed by atoms with E-state index in [-0.39, 0.29) is 6.03 Å². The lowest BCUT2D eigenvalue weighted by molar-refractivity contribution is -0.150. The molecule has 1 rings (SSSR count). The highest BCUT2D eigenvalue weighted by atomic mass is 16.4. The van der Waals surface area contributed by atoms with Gasteiger partial charge in [0.25, 0.3) is 0 Å². The van der Waals surface area contributed by atoms with Gasteiger partial charge in [-0.15, -0.1) is 0 Å². The quantitative estimate of drug-likeness (QED) is 0.818. The van der Waals surface area contributed by atoms with Crippen molar-refractivity contribution in [1.29, 1.82) is 0 Å². The molecule has 0 aromatic carbocycles. The van der Waals surface area contributed by atoms with Crippen molar-refractivity contribution in [2.75, 3.05) is 26.2 Å². The zero-order valence-electron chi connectivity index (χ0n) is 10.9. The molecule has 1 saturated heterocycles. The molecule has 1 unspecified atom stereocenters. The Kier molecular flexibility index (Phi) is 4.37. The molecule has 1 heterocycles. The van der Waals surface area contributed by atoms with Gasteiger partial charge >= 0.3 is 12.0 Å². The number of urea groups is 1. The zero-order chi connectivity index (χ0) is 13.1. The molecule has 1 N–H and O–H groups in total. The molecular formula is C12H22N2O3. The number of aliphatic carboxylic acids is 1. The summed E-state index contributed by atoms with van der Waals surface area (Å²) in [5.74, 6) is -0.811. The molecule has 1 aliphatic heterocycles. The van der Waals surface area contributed by atoms with Crippen LogP contribution in [0.25, 0.3) is 0 Å². The highest BCUT2D eigenvalue weighted by molar-refractivity contribution is 5.78. The van der Waals surface area contributed by atoms with Crippen LogP contribution in [0.1, 0.15) is 33.6 Å². The van der Waals surface area contributed by atoms with Gasteiger partial charge in [0.1, 0.15) is 0 Å². The van der Waals surface area contributed by atoms with Gasteiger partial charge in [0.2, 0.25) is 0 Å². The number of piperidine rings is 1. The monoisotopic (exact) mass is 242 g/mol. The van der Waals surface area contributed by atoms with E-state index in [4.69, 9.17) is 0 Å². The molecule has 0 aromatic rings. The molecule has 0 aliphatic carbocycles. The van der Waals surface area contributed by atoms with Crippen molar-refractivity contribution in [2.45, 2.75) is 33.6 Å². The third-order valence-corrected chi connectivity index (χ3v) is 3.52. The van der Waals surface area contributed by atoms with Gasteiger partial charge in [0, 0.05) is 26.2 Å². The molecule has 0 radical (unpaired) electrons. The maximum atomic E-state index is 12.1. The molecule has 17 heavy (non-hydrogen) atoms. The average molecular weight is 242 g/mol. The van der Waals surface area contributed by atoms with Crippen molar-refractivity contribution in [1.82, 2.24) is 9.80 Å². The predicted molar refractivity (Wildman–Crippen MR) is 64.9 cm³/mol. The number of carbonyl (C=O) groups excluding carboxylic acids is 1. The summed E-state index contributed by atoms with van der Waals surface area (Å²) < 4.78 is 0. The maximum Gasteiger partial charge on any atom is 0.320 e. The summed E-state index contributed by atoms with van der Waals surface area (Å²) in [5.41, 5.74) is -0.791. The van der Waals surface area contributed by atoms with E-state index in [0.717, 1.165) is 6.42 Å². The first-order valence-electron chi connectivity index (χ1n) is 6.22. The van der Waals surface area contributed by atoms with Crippen molar-refractivity contribution < 1.29 is 14.7 Å². The number of likely N-dealkylation sites (tertiary alicyclic amines) is 1. The molecule has 0 bridgehead atoms. The summed E-state index contributed by atoms with van der Waals surface area (Å²) in [6.07, 6.45) is 1.40. The van der Waals surface area contributed by atoms with Crippen LogP contribution >= 0.6 is 0 Å². The smallest absolute Gasteiger partial charge is 0.320 e. The molecule has 2 amide bonds. The van der Waals surface area contributed by atoms with Gasteiger partial charge in [0.05, 0.1) is 5.41 Å². The molecule has 0 spiro atoms. The second-order valence-electron chi connectivity index (χ2n) is 4.85. The van der Waals surface area contributed by atoms with Crippen LogP contribution in [0.4, 0.5) is 4.79 Å². The molecule has 1 aliphatic rings. The van der Waals surface area contributed by atoms with Crippen LogP contribution in [0.5, 0.6) is 0 Å². The number of hydrogen-bond donors (Lipinski definition) is 1. The molecule has 5 heteroatoms. The second kappa shape index (κ2) is 5.38. The van der Waals surface area contributed by atoms with Crippen molar-refractivity contribution in [3.8, 4) is 0 Å². The van der Waals surface area contributed by atoms with Crippen molar-refractivity contribution >= 4 is 12.0 Å². The standard InChI is InChI=1S/C12H22N2O3/c1-4-13(5-2)11(17)14-8-6-7-12(3,9-14)10(15)16/h4-9H2,1-3H3,(H,15,16). The molecular weight excluding hydrogens is 220 g/mol. The van der Waals surface area contributed by atoms with E-state index < -0.39 is 11.4 Å². The highest BCUT2D eigenvalue weighted by Crippen LogP contribution is 2.30. The van der Waals surface area contributed by atoms with E-state index in [1.54, 1.807) is 16.7 Å². The van der Waals surface area contributed by atoms with Crippen molar-refractivity contribution in [3.05, 3.63) is 0 Å². The first-order chi connectivity index (χ1) is 7.94. The Bertz CT molecular complexity index is 302. The van der Waals surface area contributed by atoms with Crippen molar-refractivity contribution in [3.63, 3.8) is 0 Å². The van der Waals surface area contributed by atoms with Gasteiger partial charge < -0.3 is 14.9 Å². The predicted octanol–water partition coefficient (Wildman–Crippen LogP) is 1.63. The van der Waals surface area contributed by atoms with Crippen LogP contribution < -0.4 is 0 Å². The number of carbonyl (C=O) groups is 2. The van der Waals surface area contributed by atoms with Gasteiger partial charge in [-0.05, 0) is 33.6 Å². The fourth-order valence-electron chi connectivity index (χ4n) is 2.27. The second-order valence-corrected chi connectivity index (χ2v) is 4.85. The van der Waals surface area contributed by atoms with Crippen LogP contribution in [-0.4, -0.2) is 53.1 Å². The lowest BCUT2D eigenvalue weighted by atomic mass is 9.82. The van der Waals surface area contributed by atoms with Gasteiger partial charge in [-0.25, -0.2) is 4.79 Å². The fraction of sp³-hybridized carbons (Fsp3) is 0.833. The molecule has 0 saturated carbocycles. The van der Waals surface area contributed by atoms with E-state index in [1.807, 2.05) is 13.8 Å². The minimum absolute atomic E-state index is 0.0397. The minimum atomic E-state index is -0.811. The van der Waals surface area contributed by atoms with E-state index in [1.165, 1.54) is 0 Å². The summed E-state index contributed by atoms with van der Waals surface area (Å²) in [6, 6.07) is -0.0397. The summed E-state index contributed by atoms with van der Waals surface area (Å²) in [7, 11) is 0. The maximum absolute atomic E-state index is 12.1. The van der Waals surface area contributed by atoms with Crippen LogP contribution in [0.15, 0.2) is 0 Å². The minimum Gasteiger partial charge on any atom is -0.481 e. The van der Waals surface area contributed by atoms with E-state index in [9.17, 15) is 14.7 Å². The van der Waals surface area contributed by atoms with E-state index in [2.05, 4.69) is 0 Å². The Morgan fingerprint density at radius 3 is 2.41 bits per heavy atom. The Hall–Kier alpha value is -1.26. The van der Waals surface area contributed by atoms with Crippen molar-refractivity contribution in [2.24, 2.45) is 5.41 Å². The van der Waals surface area contributed by atoms with E-state index >= 15 is 0 Å². The lowest BCUT2D eigenvalue weighted by Gasteiger charge is -2.39. The first-order valence-corrected chi connectivity index (χ1v) is 6.22. The number of rotatable bonds is 3. The highest BCUT2D eigenvalue weighted by Gasteiger charge is 2.39. The normalized spacial score (nSPS) is 24.5. The van der Waals surface area contributed by atoms with Crippen LogP contribution in [0.3, 0.4) is 0 Å². The molecule has 5 nitrogen and oxygen atoms in total. The SMILES string of the molecule is CCN(CC)C(=O)N1CCCC(C)(C(=O)O)C1. The summed E-state index contributed by atoms with van der Waals surface area (Å²) >= 11 is 0. The number of nitrogens with zero attached hydrogens (tertiary/aromatic N) is 2. The number of carboxylic acids is 1. The van der Waals surface area contributed by atoms with Gasteiger partial charge in [-0.3, -0.25) is 4.79 Å². The number of carboxylic acid groups (broad SMARTS) is 1. The Labute approximate surface area is 102 Å². The van der Waals surface area contributed by atoms with Gasteiger partial charge in [0.15, 0.2) is 0 Å². The largest absolute Gasteiger partial charge is 0.481 e. The molecule has 1 fully saturated rings. The summed E-state index contributed by atoms with van der Waals surface area (Å²) in [6.45, 7) is 7.89. The molecule has 98 valence electrons. The zero-order valence-corrected chi connectivity index (χ0v) is 10.9. The van der Waals surface area contributed by atoms with Gasteiger partial charge in [-0.1, -0.05) is 0 Å². The fourth-order valence-corrected chi connectivity index (χ4v) is 2.27. The number of hydrogen-bond acceptors (Lipinski definition) is 2. The third kappa shape index (κ3) is 2.90. The first kappa shape index (κ1) is 13.8. The third-order valence-electron chi connectivity index (χ3n) is 3.52.